The molecule has 4 heteroatoms. The third-order valence-corrected chi connectivity index (χ3v) is 3.80. The first-order chi connectivity index (χ1) is 10.0. The van der Waals surface area contributed by atoms with Crippen LogP contribution < -0.4 is 0 Å². The summed E-state index contributed by atoms with van der Waals surface area (Å²) < 4.78 is 14.6. The largest absolute Gasteiger partial charge is 0.334 e. The van der Waals surface area contributed by atoms with E-state index in [1.807, 2.05) is 32.0 Å². The Labute approximate surface area is 132 Å². The van der Waals surface area contributed by atoms with Crippen LogP contribution >= 0.6 is 15.9 Å². The molecule has 0 atom stereocenters. The van der Waals surface area contributed by atoms with E-state index in [-0.39, 0.29) is 18.3 Å². The molecule has 110 valence electrons. The summed E-state index contributed by atoms with van der Waals surface area (Å²) >= 11 is 3.33. The van der Waals surface area contributed by atoms with E-state index in [1.54, 1.807) is 23.1 Å². The highest BCUT2D eigenvalue weighted by Gasteiger charge is 2.16. The molecule has 0 unspecified atom stereocenters. The van der Waals surface area contributed by atoms with Crippen molar-refractivity contribution in [3.8, 4) is 0 Å². The molecule has 2 nitrogen and oxygen atoms in total. The number of carbonyl (C=O) groups is 1. The monoisotopic (exact) mass is 349 g/mol. The molecule has 0 N–H and O–H groups in total. The van der Waals surface area contributed by atoms with Gasteiger partial charge in [-0.15, -0.1) is 0 Å². The summed E-state index contributed by atoms with van der Waals surface area (Å²) in [5.41, 5.74) is 2.17. The van der Waals surface area contributed by atoms with Crippen molar-refractivity contribution in [3.63, 3.8) is 0 Å². The minimum Gasteiger partial charge on any atom is -0.334 e. The lowest BCUT2D eigenvalue weighted by Gasteiger charge is -2.21. The molecule has 0 spiro atoms. The lowest BCUT2D eigenvalue weighted by Crippen LogP contribution is -2.30. The van der Waals surface area contributed by atoms with Gasteiger partial charge in [0.2, 0.25) is 0 Å². The van der Waals surface area contributed by atoms with Gasteiger partial charge in [-0.25, -0.2) is 4.39 Å². The number of rotatable bonds is 4. The number of carbonyl (C=O) groups excluding carboxylic acids is 1. The zero-order valence-corrected chi connectivity index (χ0v) is 13.7. The Hall–Kier alpha value is -1.68. The predicted octanol–water partition coefficient (Wildman–Crippen LogP) is 4.56. The Morgan fingerprint density at radius 2 is 2.00 bits per heavy atom. The maximum atomic E-state index is 13.8. The van der Waals surface area contributed by atoms with E-state index in [2.05, 4.69) is 15.9 Å². The summed E-state index contributed by atoms with van der Waals surface area (Å²) in [5, 5.41) is 0. The molecular weight excluding hydrogens is 333 g/mol. The Bertz CT molecular complexity index is 657. The summed E-state index contributed by atoms with van der Waals surface area (Å²) in [6.45, 7) is 4.62. The van der Waals surface area contributed by atoms with Crippen LogP contribution in [0, 0.1) is 12.7 Å². The smallest absolute Gasteiger partial charge is 0.254 e. The van der Waals surface area contributed by atoms with Gasteiger partial charge in [0.05, 0.1) is 0 Å². The average molecular weight is 350 g/mol. The number of nitrogens with zero attached hydrogens (tertiary/aromatic N) is 1. The van der Waals surface area contributed by atoms with Gasteiger partial charge in [-0.2, -0.15) is 0 Å². The lowest BCUT2D eigenvalue weighted by molar-refractivity contribution is 0.0751. The topological polar surface area (TPSA) is 20.3 Å². The summed E-state index contributed by atoms with van der Waals surface area (Å²) in [6.07, 6.45) is 0. The van der Waals surface area contributed by atoms with Crippen LogP contribution in [-0.2, 0) is 6.54 Å². The molecule has 0 aliphatic carbocycles. The molecule has 0 bridgehead atoms. The number of benzene rings is 2. The first kappa shape index (κ1) is 15.7. The van der Waals surface area contributed by atoms with Crippen LogP contribution in [0.2, 0.25) is 0 Å². The zero-order valence-electron chi connectivity index (χ0n) is 12.1. The van der Waals surface area contributed by atoms with Crippen LogP contribution in [0.3, 0.4) is 0 Å². The Balaban J connectivity index is 2.23. The third-order valence-electron chi connectivity index (χ3n) is 3.30. The number of aryl methyl sites for hydroxylation is 1. The van der Waals surface area contributed by atoms with Gasteiger partial charge in [0.15, 0.2) is 0 Å². The summed E-state index contributed by atoms with van der Waals surface area (Å²) in [4.78, 5) is 14.2. The maximum Gasteiger partial charge on any atom is 0.254 e. The van der Waals surface area contributed by atoms with E-state index >= 15 is 0 Å². The van der Waals surface area contributed by atoms with Crippen molar-refractivity contribution >= 4 is 21.8 Å². The first-order valence-electron chi connectivity index (χ1n) is 6.81. The Kier molecular flexibility index (Phi) is 5.12. The molecule has 0 fully saturated rings. The van der Waals surface area contributed by atoms with Crippen molar-refractivity contribution in [1.82, 2.24) is 4.90 Å². The van der Waals surface area contributed by atoms with Crippen molar-refractivity contribution in [3.05, 3.63) is 69.4 Å². The van der Waals surface area contributed by atoms with Gasteiger partial charge in [-0.3, -0.25) is 4.79 Å². The van der Waals surface area contributed by atoms with Crippen LogP contribution in [0.15, 0.2) is 46.9 Å². The minimum absolute atomic E-state index is 0.0828. The van der Waals surface area contributed by atoms with Crippen LogP contribution in [0.4, 0.5) is 4.39 Å². The van der Waals surface area contributed by atoms with Crippen molar-refractivity contribution in [2.24, 2.45) is 0 Å². The average Bonchev–Trinajstić information content (AvgIpc) is 2.47. The van der Waals surface area contributed by atoms with Gasteiger partial charge >= 0.3 is 0 Å². The second-order valence-corrected chi connectivity index (χ2v) is 5.84. The van der Waals surface area contributed by atoms with Gasteiger partial charge in [0, 0.05) is 28.7 Å². The fourth-order valence-electron chi connectivity index (χ4n) is 2.16. The second-order valence-electron chi connectivity index (χ2n) is 4.92. The Morgan fingerprint density at radius 1 is 1.24 bits per heavy atom. The first-order valence-corrected chi connectivity index (χ1v) is 7.60. The molecule has 0 aliphatic rings. The minimum atomic E-state index is -0.298. The number of amides is 1. The predicted molar refractivity (Wildman–Crippen MR) is 85.7 cm³/mol. The summed E-state index contributed by atoms with van der Waals surface area (Å²) in [5.74, 6) is -0.380. The Morgan fingerprint density at radius 3 is 2.67 bits per heavy atom. The third kappa shape index (κ3) is 3.91. The molecule has 0 aliphatic heterocycles. The van der Waals surface area contributed by atoms with Crippen molar-refractivity contribution in [2.45, 2.75) is 20.4 Å². The zero-order chi connectivity index (χ0) is 15.4. The quantitative estimate of drug-likeness (QED) is 0.792. The molecular formula is C17H17BrFNO. The van der Waals surface area contributed by atoms with Crippen molar-refractivity contribution in [2.75, 3.05) is 6.54 Å². The van der Waals surface area contributed by atoms with Crippen LogP contribution in [0.25, 0.3) is 0 Å². The summed E-state index contributed by atoms with van der Waals surface area (Å²) in [7, 11) is 0. The van der Waals surface area contributed by atoms with Crippen LogP contribution in [-0.4, -0.2) is 17.4 Å². The van der Waals surface area contributed by atoms with Crippen molar-refractivity contribution < 1.29 is 9.18 Å². The van der Waals surface area contributed by atoms with Gasteiger partial charge < -0.3 is 4.90 Å². The molecule has 2 rings (SSSR count). The van der Waals surface area contributed by atoms with E-state index in [9.17, 15) is 9.18 Å². The highest BCUT2D eigenvalue weighted by molar-refractivity contribution is 9.10. The van der Waals surface area contributed by atoms with Crippen LogP contribution in [0.5, 0.6) is 0 Å². The highest BCUT2D eigenvalue weighted by Crippen LogP contribution is 2.18. The lowest BCUT2D eigenvalue weighted by atomic mass is 10.1. The fraction of sp³-hybridized carbons (Fsp3) is 0.235. The SMILES string of the molecule is CCN(Cc1cc(Br)ccc1F)C(=O)c1cccc(C)c1. The van der Waals surface area contributed by atoms with Gasteiger partial charge in [0.1, 0.15) is 5.82 Å². The molecule has 0 radical (unpaired) electrons. The van der Waals surface area contributed by atoms with E-state index in [0.29, 0.717) is 17.7 Å². The second kappa shape index (κ2) is 6.85. The maximum absolute atomic E-state index is 13.8. The van der Waals surface area contributed by atoms with Gasteiger partial charge in [-0.1, -0.05) is 33.6 Å². The number of halogens is 2. The van der Waals surface area contributed by atoms with E-state index < -0.39 is 0 Å². The molecule has 0 saturated heterocycles. The fourth-order valence-corrected chi connectivity index (χ4v) is 2.57. The molecule has 2 aromatic rings. The number of hydrogen-bond donors (Lipinski definition) is 0. The highest BCUT2D eigenvalue weighted by atomic mass is 79.9. The molecule has 0 saturated carbocycles. The summed E-state index contributed by atoms with van der Waals surface area (Å²) in [6, 6.07) is 12.2. The van der Waals surface area contributed by atoms with Gasteiger partial charge in [0.25, 0.3) is 5.91 Å². The molecule has 0 aromatic heterocycles. The van der Waals surface area contributed by atoms with E-state index in [1.165, 1.54) is 6.07 Å². The number of hydrogen-bond acceptors (Lipinski definition) is 1. The molecule has 0 heterocycles. The van der Waals surface area contributed by atoms with Gasteiger partial charge in [-0.05, 0) is 44.2 Å². The molecule has 1 amide bonds. The van der Waals surface area contributed by atoms with E-state index in [0.717, 1.165) is 10.0 Å². The molecule has 2 aromatic carbocycles. The van der Waals surface area contributed by atoms with Crippen molar-refractivity contribution in [1.29, 1.82) is 0 Å². The van der Waals surface area contributed by atoms with Crippen LogP contribution in [0.1, 0.15) is 28.4 Å². The normalized spacial score (nSPS) is 10.5. The standard InChI is InChI=1S/C17H17BrFNO/c1-3-20(11-14-10-15(18)7-8-16(14)19)17(21)13-6-4-5-12(2)9-13/h4-10H,3,11H2,1-2H3. The molecule has 21 heavy (non-hydrogen) atoms. The van der Waals surface area contributed by atoms with E-state index in [4.69, 9.17) is 0 Å².